The number of ether oxygens (including phenoxy) is 2. The predicted octanol–water partition coefficient (Wildman–Crippen LogP) is 2.40. The molecule has 0 radical (unpaired) electrons. The van der Waals surface area contributed by atoms with Crippen molar-refractivity contribution in [1.29, 1.82) is 0 Å². The molecule has 0 bridgehead atoms. The molecule has 0 saturated carbocycles. The number of methoxy groups -OCH3 is 1. The zero-order valence-corrected chi connectivity index (χ0v) is 14.8. The number of fused-ring (bicyclic) bond motifs is 1. The Balaban J connectivity index is 1.73. The van der Waals surface area contributed by atoms with E-state index in [2.05, 4.69) is 24.0 Å². The molecule has 0 atom stereocenters. The van der Waals surface area contributed by atoms with Crippen molar-refractivity contribution >= 4 is 11.6 Å². The van der Waals surface area contributed by atoms with Crippen LogP contribution in [0.2, 0.25) is 0 Å². The summed E-state index contributed by atoms with van der Waals surface area (Å²) < 4.78 is 11.0. The van der Waals surface area contributed by atoms with E-state index < -0.39 is 0 Å². The van der Waals surface area contributed by atoms with Crippen molar-refractivity contribution < 1.29 is 14.3 Å². The monoisotopic (exact) mass is 332 g/mol. The Labute approximate surface area is 144 Å². The van der Waals surface area contributed by atoms with Gasteiger partial charge in [-0.1, -0.05) is 6.07 Å². The lowest BCUT2D eigenvalue weighted by atomic mass is 10.0. The molecule has 0 N–H and O–H groups in total. The van der Waals surface area contributed by atoms with E-state index in [9.17, 15) is 4.79 Å². The minimum atomic E-state index is 0.238. The van der Waals surface area contributed by atoms with E-state index in [1.54, 1.807) is 7.11 Å². The van der Waals surface area contributed by atoms with E-state index in [0.717, 1.165) is 75.7 Å². The molecule has 0 aliphatic carbocycles. The van der Waals surface area contributed by atoms with Crippen LogP contribution in [0.15, 0.2) is 12.1 Å². The number of benzene rings is 1. The summed E-state index contributed by atoms with van der Waals surface area (Å²) in [5.41, 5.74) is 3.37. The zero-order valence-electron chi connectivity index (χ0n) is 14.8. The third-order valence-corrected chi connectivity index (χ3v) is 5.01. The topological polar surface area (TPSA) is 42.0 Å². The quantitative estimate of drug-likeness (QED) is 0.830. The molecule has 1 amide bonds. The molecule has 5 nitrogen and oxygen atoms in total. The van der Waals surface area contributed by atoms with E-state index >= 15 is 0 Å². The molecule has 5 heteroatoms. The second-order valence-electron chi connectivity index (χ2n) is 6.62. The van der Waals surface area contributed by atoms with Crippen LogP contribution in [0.1, 0.15) is 30.4 Å². The van der Waals surface area contributed by atoms with Gasteiger partial charge in [0.25, 0.3) is 0 Å². The minimum absolute atomic E-state index is 0.238. The van der Waals surface area contributed by atoms with Gasteiger partial charge in [0, 0.05) is 38.2 Å². The van der Waals surface area contributed by atoms with Crippen molar-refractivity contribution in [3.8, 4) is 5.75 Å². The minimum Gasteiger partial charge on any atom is -0.496 e. The molecule has 2 aliphatic heterocycles. The molecule has 1 aromatic rings. The molecule has 0 unspecified atom stereocenters. The zero-order chi connectivity index (χ0) is 16.9. The first kappa shape index (κ1) is 17.2. The van der Waals surface area contributed by atoms with Crippen LogP contribution in [0.5, 0.6) is 5.75 Å². The lowest BCUT2D eigenvalue weighted by Gasteiger charge is -2.29. The third-order valence-electron chi connectivity index (χ3n) is 5.01. The predicted molar refractivity (Wildman–Crippen MR) is 94.9 cm³/mol. The number of hydrogen-bond acceptors (Lipinski definition) is 4. The normalized spacial score (nSPS) is 19.1. The Morgan fingerprint density at radius 3 is 2.71 bits per heavy atom. The van der Waals surface area contributed by atoms with Crippen molar-refractivity contribution in [3.63, 3.8) is 0 Å². The maximum atomic E-state index is 12.6. The fourth-order valence-electron chi connectivity index (χ4n) is 3.72. The molecule has 3 rings (SSSR count). The lowest BCUT2D eigenvalue weighted by molar-refractivity contribution is -0.118. The Morgan fingerprint density at radius 2 is 1.96 bits per heavy atom. The number of anilines is 1. The number of amides is 1. The molecule has 2 heterocycles. The van der Waals surface area contributed by atoms with Crippen LogP contribution in [0.3, 0.4) is 0 Å². The van der Waals surface area contributed by atoms with Gasteiger partial charge >= 0.3 is 0 Å². The van der Waals surface area contributed by atoms with Crippen molar-refractivity contribution in [2.24, 2.45) is 0 Å². The van der Waals surface area contributed by atoms with Gasteiger partial charge in [0.2, 0.25) is 5.91 Å². The summed E-state index contributed by atoms with van der Waals surface area (Å²) in [4.78, 5) is 17.0. The summed E-state index contributed by atoms with van der Waals surface area (Å²) in [6.45, 7) is 7.49. The molecule has 0 spiro atoms. The molecular formula is C19H28N2O3. The van der Waals surface area contributed by atoms with Crippen LogP contribution in [-0.4, -0.2) is 57.3 Å². The van der Waals surface area contributed by atoms with E-state index in [1.165, 1.54) is 5.56 Å². The number of carbonyl (C=O) groups excluding carboxylic acids is 1. The van der Waals surface area contributed by atoms with Crippen molar-refractivity contribution in [2.45, 2.75) is 32.6 Å². The van der Waals surface area contributed by atoms with Gasteiger partial charge in [-0.2, -0.15) is 0 Å². The molecule has 0 aromatic heterocycles. The van der Waals surface area contributed by atoms with Gasteiger partial charge in [0.1, 0.15) is 5.75 Å². The maximum absolute atomic E-state index is 12.6. The van der Waals surface area contributed by atoms with Gasteiger partial charge in [0.05, 0.1) is 26.0 Å². The van der Waals surface area contributed by atoms with E-state index in [-0.39, 0.29) is 5.91 Å². The van der Waals surface area contributed by atoms with Crippen LogP contribution in [0, 0.1) is 6.92 Å². The largest absolute Gasteiger partial charge is 0.496 e. The standard InChI is InChI=1S/C19H28N2O3/c1-15-7-8-17-16(19(15)23-2)5-3-6-18(22)21(17)10-4-9-20-11-13-24-14-12-20/h7-8H,3-6,9-14H2,1-2H3. The summed E-state index contributed by atoms with van der Waals surface area (Å²) in [6.07, 6.45) is 3.41. The molecule has 1 aromatic carbocycles. The Bertz CT molecular complexity index is 582. The van der Waals surface area contributed by atoms with Gasteiger partial charge in [-0.15, -0.1) is 0 Å². The average molecular weight is 332 g/mol. The molecule has 2 aliphatic rings. The highest BCUT2D eigenvalue weighted by molar-refractivity contribution is 5.95. The summed E-state index contributed by atoms with van der Waals surface area (Å²) in [6, 6.07) is 4.15. The van der Waals surface area contributed by atoms with E-state index in [0.29, 0.717) is 6.42 Å². The van der Waals surface area contributed by atoms with Gasteiger partial charge in [-0.05, 0) is 37.8 Å². The molecular weight excluding hydrogens is 304 g/mol. The lowest BCUT2D eigenvalue weighted by Crippen LogP contribution is -2.39. The summed E-state index contributed by atoms with van der Waals surface area (Å²) in [7, 11) is 1.72. The summed E-state index contributed by atoms with van der Waals surface area (Å²) >= 11 is 0. The van der Waals surface area contributed by atoms with Crippen molar-refractivity contribution in [1.82, 2.24) is 4.90 Å². The number of rotatable bonds is 5. The summed E-state index contributed by atoms with van der Waals surface area (Å²) in [5.74, 6) is 1.18. The van der Waals surface area contributed by atoms with Crippen LogP contribution >= 0.6 is 0 Å². The molecule has 1 fully saturated rings. The average Bonchev–Trinajstić information content (AvgIpc) is 2.75. The number of carbonyl (C=O) groups is 1. The first-order chi connectivity index (χ1) is 11.7. The van der Waals surface area contributed by atoms with Crippen LogP contribution in [-0.2, 0) is 16.0 Å². The second-order valence-corrected chi connectivity index (χ2v) is 6.62. The van der Waals surface area contributed by atoms with Gasteiger partial charge in [-0.25, -0.2) is 0 Å². The van der Waals surface area contributed by atoms with Gasteiger partial charge in [-0.3, -0.25) is 9.69 Å². The molecule has 132 valence electrons. The van der Waals surface area contributed by atoms with Crippen LogP contribution in [0.4, 0.5) is 5.69 Å². The number of hydrogen-bond donors (Lipinski definition) is 0. The highest BCUT2D eigenvalue weighted by Crippen LogP contribution is 2.36. The van der Waals surface area contributed by atoms with Crippen molar-refractivity contribution in [3.05, 3.63) is 23.3 Å². The molecule has 24 heavy (non-hydrogen) atoms. The first-order valence-electron chi connectivity index (χ1n) is 8.97. The van der Waals surface area contributed by atoms with Crippen LogP contribution < -0.4 is 9.64 Å². The maximum Gasteiger partial charge on any atom is 0.226 e. The first-order valence-corrected chi connectivity index (χ1v) is 8.97. The Hall–Kier alpha value is -1.59. The second kappa shape index (κ2) is 7.99. The summed E-state index contributed by atoms with van der Waals surface area (Å²) in [5, 5.41) is 0. The Kier molecular flexibility index (Phi) is 5.74. The highest BCUT2D eigenvalue weighted by Gasteiger charge is 2.25. The smallest absolute Gasteiger partial charge is 0.226 e. The number of morpholine rings is 1. The third kappa shape index (κ3) is 3.73. The fraction of sp³-hybridized carbons (Fsp3) is 0.632. The number of nitrogens with zero attached hydrogens (tertiary/aromatic N) is 2. The highest BCUT2D eigenvalue weighted by atomic mass is 16.5. The van der Waals surface area contributed by atoms with Crippen molar-refractivity contribution in [2.75, 3.05) is 51.4 Å². The van der Waals surface area contributed by atoms with Crippen LogP contribution in [0.25, 0.3) is 0 Å². The van der Waals surface area contributed by atoms with Gasteiger partial charge < -0.3 is 14.4 Å². The number of aryl methyl sites for hydroxylation is 1. The van der Waals surface area contributed by atoms with E-state index in [4.69, 9.17) is 9.47 Å². The van der Waals surface area contributed by atoms with E-state index in [1.807, 2.05) is 4.90 Å². The Morgan fingerprint density at radius 1 is 1.17 bits per heavy atom. The SMILES string of the molecule is COc1c(C)ccc2c1CCCC(=O)N2CCCN1CCOCC1. The molecule has 1 saturated heterocycles. The van der Waals surface area contributed by atoms with Gasteiger partial charge in [0.15, 0.2) is 0 Å². The fourth-order valence-corrected chi connectivity index (χ4v) is 3.72.